The van der Waals surface area contributed by atoms with Crippen molar-refractivity contribution in [2.75, 3.05) is 27.3 Å². The highest BCUT2D eigenvalue weighted by atomic mass is 32.2. The minimum atomic E-state index is -3.57. The van der Waals surface area contributed by atoms with E-state index in [2.05, 4.69) is 10.9 Å². The minimum Gasteiger partial charge on any atom is -0.497 e. The Morgan fingerprint density at radius 2 is 1.32 bits per heavy atom. The Bertz CT molecular complexity index is 1030. The highest BCUT2D eigenvalue weighted by Gasteiger charge is 2.26. The van der Waals surface area contributed by atoms with Crippen LogP contribution in [0.5, 0.6) is 11.5 Å². The Morgan fingerprint density at radius 1 is 0.806 bits per heavy atom. The average Bonchev–Trinajstić information content (AvgIpc) is 2.82. The maximum absolute atomic E-state index is 12.7. The number of benzene rings is 2. The number of piperidine rings is 1. The van der Waals surface area contributed by atoms with Crippen LogP contribution in [0, 0.1) is 0 Å². The van der Waals surface area contributed by atoms with Gasteiger partial charge in [-0.05, 0) is 49.2 Å². The van der Waals surface area contributed by atoms with Gasteiger partial charge in [0.05, 0.1) is 19.1 Å². The molecule has 1 aliphatic rings. The number of hydrogen-bond donors (Lipinski definition) is 2. The summed E-state index contributed by atoms with van der Waals surface area (Å²) in [6, 6.07) is 10.2. The molecule has 0 saturated carbocycles. The molecule has 0 aromatic heterocycles. The molecule has 2 aromatic rings. The number of nitrogens with zero attached hydrogens (tertiary/aromatic N) is 1. The normalized spacial score (nSPS) is 14.5. The van der Waals surface area contributed by atoms with E-state index in [1.807, 2.05) is 0 Å². The van der Waals surface area contributed by atoms with Crippen LogP contribution in [0.15, 0.2) is 47.4 Å². The van der Waals surface area contributed by atoms with Crippen LogP contribution in [0.2, 0.25) is 0 Å². The second-order valence-electron chi connectivity index (χ2n) is 7.00. The molecule has 1 fully saturated rings. The number of carbonyl (C=O) groups excluding carboxylic acids is 2. The van der Waals surface area contributed by atoms with Crippen LogP contribution in [-0.2, 0) is 10.0 Å². The van der Waals surface area contributed by atoms with Gasteiger partial charge in [-0.3, -0.25) is 20.4 Å². The van der Waals surface area contributed by atoms with Gasteiger partial charge in [-0.2, -0.15) is 4.31 Å². The molecule has 1 saturated heterocycles. The highest BCUT2D eigenvalue weighted by Crippen LogP contribution is 2.23. The summed E-state index contributed by atoms with van der Waals surface area (Å²) in [5.41, 5.74) is 5.08. The number of nitrogens with one attached hydrogen (secondary N) is 2. The molecule has 0 aliphatic carbocycles. The van der Waals surface area contributed by atoms with Gasteiger partial charge < -0.3 is 9.47 Å². The van der Waals surface area contributed by atoms with Crippen LogP contribution in [0.4, 0.5) is 0 Å². The van der Waals surface area contributed by atoms with Gasteiger partial charge >= 0.3 is 0 Å². The summed E-state index contributed by atoms with van der Waals surface area (Å²) >= 11 is 0. The summed E-state index contributed by atoms with van der Waals surface area (Å²) in [6.45, 7) is 1.01. The first-order chi connectivity index (χ1) is 14.8. The zero-order chi connectivity index (χ0) is 22.4. The molecule has 0 unspecified atom stereocenters. The van der Waals surface area contributed by atoms with Crippen molar-refractivity contribution >= 4 is 21.8 Å². The van der Waals surface area contributed by atoms with Crippen LogP contribution >= 0.6 is 0 Å². The second-order valence-corrected chi connectivity index (χ2v) is 8.94. The largest absolute Gasteiger partial charge is 0.497 e. The third-order valence-corrected chi connectivity index (χ3v) is 6.89. The topological polar surface area (TPSA) is 114 Å². The van der Waals surface area contributed by atoms with E-state index in [0.29, 0.717) is 24.6 Å². The minimum absolute atomic E-state index is 0.137. The maximum Gasteiger partial charge on any atom is 0.269 e. The Morgan fingerprint density at radius 3 is 1.84 bits per heavy atom. The monoisotopic (exact) mass is 447 g/mol. The van der Waals surface area contributed by atoms with Crippen molar-refractivity contribution in [1.82, 2.24) is 15.2 Å². The fourth-order valence-corrected chi connectivity index (χ4v) is 4.75. The van der Waals surface area contributed by atoms with E-state index in [0.717, 1.165) is 19.3 Å². The number of carbonyl (C=O) groups is 2. The average molecular weight is 448 g/mol. The van der Waals surface area contributed by atoms with E-state index < -0.39 is 21.8 Å². The van der Waals surface area contributed by atoms with Gasteiger partial charge in [0.1, 0.15) is 11.5 Å². The first-order valence-electron chi connectivity index (χ1n) is 9.79. The number of methoxy groups -OCH3 is 2. The van der Waals surface area contributed by atoms with Gasteiger partial charge in [0.15, 0.2) is 0 Å². The molecule has 31 heavy (non-hydrogen) atoms. The Kier molecular flexibility index (Phi) is 7.13. The van der Waals surface area contributed by atoms with Gasteiger partial charge in [0.2, 0.25) is 10.0 Å². The molecule has 3 rings (SSSR count). The smallest absolute Gasteiger partial charge is 0.269 e. The second kappa shape index (κ2) is 9.80. The summed E-state index contributed by atoms with van der Waals surface area (Å²) < 4.78 is 37.1. The van der Waals surface area contributed by atoms with Crippen LogP contribution in [0.3, 0.4) is 0 Å². The number of ether oxygens (including phenoxy) is 2. The van der Waals surface area contributed by atoms with Crippen molar-refractivity contribution in [3.05, 3.63) is 53.6 Å². The predicted octanol–water partition coefficient (Wildman–Crippen LogP) is 1.95. The zero-order valence-corrected chi connectivity index (χ0v) is 18.2. The van der Waals surface area contributed by atoms with Crippen molar-refractivity contribution in [1.29, 1.82) is 0 Å². The standard InChI is InChI=1S/C21H25N3O6S/c1-29-17-12-16(13-18(14-17)30-2)21(26)23-22-20(25)15-6-8-19(9-7-15)31(27,28)24-10-4-3-5-11-24/h6-9,12-14H,3-5,10-11H2,1-2H3,(H,22,25)(H,23,26). The van der Waals surface area contributed by atoms with Crippen LogP contribution in [-0.4, -0.2) is 51.8 Å². The first-order valence-corrected chi connectivity index (χ1v) is 11.2. The Hall–Kier alpha value is -3.11. The molecule has 0 spiro atoms. The molecular formula is C21H25N3O6S. The summed E-state index contributed by atoms with van der Waals surface area (Å²) in [5.74, 6) is -0.275. The molecular weight excluding hydrogens is 422 g/mol. The molecule has 0 radical (unpaired) electrons. The number of amides is 2. The molecule has 1 heterocycles. The van der Waals surface area contributed by atoms with Crippen molar-refractivity contribution in [3.63, 3.8) is 0 Å². The molecule has 0 atom stereocenters. The number of hydrogen-bond acceptors (Lipinski definition) is 6. The van der Waals surface area contributed by atoms with Gasteiger partial charge in [-0.1, -0.05) is 6.42 Å². The van der Waals surface area contributed by atoms with Crippen LogP contribution in [0.25, 0.3) is 0 Å². The number of hydrazine groups is 1. The number of rotatable bonds is 6. The summed E-state index contributed by atoms with van der Waals surface area (Å²) in [5, 5.41) is 0. The van der Waals surface area contributed by atoms with Gasteiger partial charge in [0, 0.05) is 30.3 Å². The fraction of sp³-hybridized carbons (Fsp3) is 0.333. The lowest BCUT2D eigenvalue weighted by molar-refractivity contribution is 0.0846. The van der Waals surface area contributed by atoms with Crippen molar-refractivity contribution in [3.8, 4) is 11.5 Å². The van der Waals surface area contributed by atoms with E-state index in [1.54, 1.807) is 6.07 Å². The van der Waals surface area contributed by atoms with E-state index in [1.165, 1.54) is 54.9 Å². The zero-order valence-electron chi connectivity index (χ0n) is 17.4. The third-order valence-electron chi connectivity index (χ3n) is 4.97. The van der Waals surface area contributed by atoms with Gasteiger partial charge in [0.25, 0.3) is 11.8 Å². The predicted molar refractivity (Wildman–Crippen MR) is 114 cm³/mol. The Labute approximate surface area is 181 Å². The molecule has 2 N–H and O–H groups in total. The number of sulfonamides is 1. The van der Waals surface area contributed by atoms with E-state index in [-0.39, 0.29) is 16.0 Å². The van der Waals surface area contributed by atoms with E-state index in [4.69, 9.17) is 9.47 Å². The van der Waals surface area contributed by atoms with Crippen LogP contribution < -0.4 is 20.3 Å². The van der Waals surface area contributed by atoms with Crippen LogP contribution in [0.1, 0.15) is 40.0 Å². The quantitative estimate of drug-likeness (QED) is 0.655. The van der Waals surface area contributed by atoms with E-state index >= 15 is 0 Å². The summed E-state index contributed by atoms with van der Waals surface area (Å²) in [7, 11) is -0.640. The van der Waals surface area contributed by atoms with Crippen molar-refractivity contribution < 1.29 is 27.5 Å². The maximum atomic E-state index is 12.7. The molecule has 10 heteroatoms. The van der Waals surface area contributed by atoms with Gasteiger partial charge in [-0.25, -0.2) is 8.42 Å². The highest BCUT2D eigenvalue weighted by molar-refractivity contribution is 7.89. The molecule has 9 nitrogen and oxygen atoms in total. The summed E-state index contributed by atoms with van der Waals surface area (Å²) in [4.78, 5) is 24.8. The molecule has 0 bridgehead atoms. The Balaban J connectivity index is 1.64. The van der Waals surface area contributed by atoms with Gasteiger partial charge in [-0.15, -0.1) is 0 Å². The lowest BCUT2D eigenvalue weighted by Crippen LogP contribution is -2.41. The molecule has 166 valence electrons. The van der Waals surface area contributed by atoms with Crippen molar-refractivity contribution in [2.45, 2.75) is 24.2 Å². The SMILES string of the molecule is COc1cc(OC)cc(C(=O)NNC(=O)c2ccc(S(=O)(=O)N3CCCCC3)cc2)c1. The first kappa shape index (κ1) is 22.6. The fourth-order valence-electron chi connectivity index (χ4n) is 3.23. The molecule has 2 aromatic carbocycles. The molecule has 1 aliphatic heterocycles. The lowest BCUT2D eigenvalue weighted by Gasteiger charge is -2.25. The lowest BCUT2D eigenvalue weighted by atomic mass is 10.2. The van der Waals surface area contributed by atoms with Crippen molar-refractivity contribution in [2.24, 2.45) is 0 Å². The third kappa shape index (κ3) is 5.33. The van der Waals surface area contributed by atoms with E-state index in [9.17, 15) is 18.0 Å². The summed E-state index contributed by atoms with van der Waals surface area (Å²) in [6.07, 6.45) is 2.72. The molecule has 2 amide bonds.